The largest absolute Gasteiger partial charge is 0.494 e. The molecule has 0 radical (unpaired) electrons. The second-order valence-corrected chi connectivity index (χ2v) is 11.4. The average Bonchev–Trinajstić information content (AvgIpc) is 2.95. The van der Waals surface area contributed by atoms with E-state index < -0.39 is 11.2 Å². The Hall–Kier alpha value is -4.22. The van der Waals surface area contributed by atoms with Crippen molar-refractivity contribution in [2.75, 3.05) is 43.5 Å². The topological polar surface area (TPSA) is 122 Å². The summed E-state index contributed by atoms with van der Waals surface area (Å²) in [6.45, 7) is 7.90. The molecule has 0 aliphatic carbocycles. The van der Waals surface area contributed by atoms with Gasteiger partial charge in [0.15, 0.2) is 0 Å². The van der Waals surface area contributed by atoms with Crippen LogP contribution in [0.15, 0.2) is 53.5 Å². The standard InChI is InChI=1S/C29H30Cl2N6O5/c1-29(2,3)42-28(39)37-12-10-36(11-13-37)18-8-9-20(22(15-18)40-4)33-26-24-17(16-32-35-27(24)38)14-23(34-26)41-21-7-5-6-19(30)25(21)31/h5-9,14-16H,10-13H2,1-4H3,(H,33,34)(H,35,38). The van der Waals surface area contributed by atoms with Gasteiger partial charge in [-0.2, -0.15) is 10.1 Å². The quantitative estimate of drug-likeness (QED) is 0.261. The Morgan fingerprint density at radius 2 is 1.81 bits per heavy atom. The van der Waals surface area contributed by atoms with Crippen molar-refractivity contribution in [1.29, 1.82) is 0 Å². The van der Waals surface area contributed by atoms with Crippen molar-refractivity contribution >= 4 is 57.3 Å². The highest BCUT2D eigenvalue weighted by Crippen LogP contribution is 2.37. The lowest BCUT2D eigenvalue weighted by Gasteiger charge is -2.37. The minimum atomic E-state index is -0.542. The zero-order chi connectivity index (χ0) is 30.0. The number of fused-ring (bicyclic) bond motifs is 1. The van der Waals surface area contributed by atoms with Crippen molar-refractivity contribution < 1.29 is 19.0 Å². The van der Waals surface area contributed by atoms with Crippen molar-refractivity contribution in [2.24, 2.45) is 0 Å². The zero-order valence-corrected chi connectivity index (χ0v) is 25.0. The molecule has 0 spiro atoms. The maximum atomic E-state index is 12.8. The van der Waals surface area contributed by atoms with E-state index in [0.717, 1.165) is 5.69 Å². The van der Waals surface area contributed by atoms with Crippen LogP contribution in [0.3, 0.4) is 0 Å². The van der Waals surface area contributed by atoms with Gasteiger partial charge in [0.05, 0.1) is 29.4 Å². The lowest BCUT2D eigenvalue weighted by Crippen LogP contribution is -2.50. The molecular weight excluding hydrogens is 583 g/mol. The molecule has 0 atom stereocenters. The van der Waals surface area contributed by atoms with Crippen LogP contribution >= 0.6 is 23.2 Å². The number of halogens is 2. The summed E-state index contributed by atoms with van der Waals surface area (Å²) in [4.78, 5) is 33.7. The minimum absolute atomic E-state index is 0.181. The molecule has 13 heteroatoms. The van der Waals surface area contributed by atoms with Crippen molar-refractivity contribution in [2.45, 2.75) is 26.4 Å². The molecule has 220 valence electrons. The highest BCUT2D eigenvalue weighted by atomic mass is 35.5. The molecule has 1 aliphatic heterocycles. The van der Waals surface area contributed by atoms with E-state index in [1.807, 2.05) is 39.0 Å². The third-order valence-electron chi connectivity index (χ3n) is 6.49. The van der Waals surface area contributed by atoms with Crippen molar-refractivity contribution in [3.05, 3.63) is 69.1 Å². The van der Waals surface area contributed by atoms with Crippen LogP contribution in [0.1, 0.15) is 20.8 Å². The SMILES string of the molecule is COc1cc(N2CCN(C(=O)OC(C)(C)C)CC2)ccc1Nc1nc(Oc2cccc(Cl)c2Cl)cc2cn[nH]c(=O)c12. The summed E-state index contributed by atoms with van der Waals surface area (Å²) >= 11 is 12.4. The van der Waals surface area contributed by atoms with E-state index in [9.17, 15) is 9.59 Å². The first kappa shape index (κ1) is 29.3. The van der Waals surface area contributed by atoms with E-state index in [4.69, 9.17) is 37.4 Å². The molecule has 2 N–H and O–H groups in total. The van der Waals surface area contributed by atoms with Gasteiger partial charge < -0.3 is 29.3 Å². The maximum absolute atomic E-state index is 12.8. The van der Waals surface area contributed by atoms with Crippen LogP contribution < -0.4 is 25.2 Å². The van der Waals surface area contributed by atoms with Crippen LogP contribution in [0.4, 0.5) is 22.0 Å². The first-order valence-electron chi connectivity index (χ1n) is 13.2. The molecule has 0 bridgehead atoms. The Balaban J connectivity index is 1.40. The number of ether oxygens (including phenoxy) is 3. The molecule has 2 aromatic carbocycles. The van der Waals surface area contributed by atoms with E-state index >= 15 is 0 Å². The second-order valence-electron chi connectivity index (χ2n) is 10.6. The summed E-state index contributed by atoms with van der Waals surface area (Å²) in [7, 11) is 1.56. The summed E-state index contributed by atoms with van der Waals surface area (Å²) in [5, 5.41) is 11.0. The van der Waals surface area contributed by atoms with Gasteiger partial charge in [0, 0.05) is 49.4 Å². The molecule has 0 unspecified atom stereocenters. The monoisotopic (exact) mass is 612 g/mol. The molecular formula is C29H30Cl2N6O5. The third-order valence-corrected chi connectivity index (χ3v) is 7.29. The van der Waals surface area contributed by atoms with Gasteiger partial charge in [-0.25, -0.2) is 9.89 Å². The summed E-state index contributed by atoms with van der Waals surface area (Å²) in [6.07, 6.45) is 1.20. The van der Waals surface area contributed by atoms with Gasteiger partial charge in [0.25, 0.3) is 5.56 Å². The number of rotatable bonds is 6. The van der Waals surface area contributed by atoms with Gasteiger partial charge in [-0.1, -0.05) is 29.3 Å². The fraction of sp³-hybridized carbons (Fsp3) is 0.310. The highest BCUT2D eigenvalue weighted by molar-refractivity contribution is 6.42. The number of carbonyl (C=O) groups excluding carboxylic acids is 1. The van der Waals surface area contributed by atoms with Crippen LogP contribution in [0.25, 0.3) is 10.8 Å². The van der Waals surface area contributed by atoms with Crippen LogP contribution in [0.5, 0.6) is 17.4 Å². The second kappa shape index (κ2) is 11.9. The lowest BCUT2D eigenvalue weighted by atomic mass is 10.2. The molecule has 1 fully saturated rings. The number of amides is 1. The molecule has 4 aromatic rings. The number of piperazine rings is 1. The normalized spacial score (nSPS) is 13.7. The molecule has 11 nitrogen and oxygen atoms in total. The fourth-order valence-corrected chi connectivity index (χ4v) is 4.83. The number of methoxy groups -OCH3 is 1. The summed E-state index contributed by atoms with van der Waals surface area (Å²) in [5.74, 6) is 1.27. The Bertz CT molecular complexity index is 1680. The minimum Gasteiger partial charge on any atom is -0.494 e. The number of carbonyl (C=O) groups is 1. The number of aromatic nitrogens is 3. The van der Waals surface area contributed by atoms with Gasteiger partial charge in [-0.3, -0.25) is 4.79 Å². The number of aromatic amines is 1. The molecule has 1 saturated heterocycles. The van der Waals surface area contributed by atoms with E-state index in [-0.39, 0.29) is 22.8 Å². The number of pyridine rings is 1. The van der Waals surface area contributed by atoms with Gasteiger partial charge in [-0.15, -0.1) is 0 Å². The van der Waals surface area contributed by atoms with Crippen molar-refractivity contribution in [1.82, 2.24) is 20.1 Å². The first-order chi connectivity index (χ1) is 20.0. The average molecular weight is 614 g/mol. The van der Waals surface area contributed by atoms with Gasteiger partial charge >= 0.3 is 6.09 Å². The Labute approximate surface area is 252 Å². The maximum Gasteiger partial charge on any atom is 0.410 e. The van der Waals surface area contributed by atoms with Gasteiger partial charge in [0.2, 0.25) is 5.88 Å². The van der Waals surface area contributed by atoms with Crippen LogP contribution in [0, 0.1) is 0 Å². The highest BCUT2D eigenvalue weighted by Gasteiger charge is 2.26. The first-order valence-corrected chi connectivity index (χ1v) is 14.0. The van der Waals surface area contributed by atoms with Crippen LogP contribution in [-0.4, -0.2) is 65.1 Å². The predicted octanol–water partition coefficient (Wildman–Crippen LogP) is 6.23. The molecule has 1 aliphatic rings. The number of nitrogens with one attached hydrogen (secondary N) is 2. The van der Waals surface area contributed by atoms with E-state index in [2.05, 4.69) is 25.4 Å². The Morgan fingerprint density at radius 1 is 1.05 bits per heavy atom. The number of nitrogens with zero attached hydrogens (tertiary/aromatic N) is 4. The molecule has 1 amide bonds. The number of hydrogen-bond acceptors (Lipinski definition) is 9. The van der Waals surface area contributed by atoms with Crippen LogP contribution in [0.2, 0.25) is 10.0 Å². The van der Waals surface area contributed by atoms with E-state index in [1.165, 1.54) is 6.20 Å². The van der Waals surface area contributed by atoms with Crippen molar-refractivity contribution in [3.8, 4) is 17.4 Å². The van der Waals surface area contributed by atoms with E-state index in [1.54, 1.807) is 36.3 Å². The summed E-state index contributed by atoms with van der Waals surface area (Å²) in [6, 6.07) is 12.3. The van der Waals surface area contributed by atoms with Gasteiger partial charge in [0.1, 0.15) is 27.9 Å². The molecule has 42 heavy (non-hydrogen) atoms. The number of benzene rings is 2. The smallest absolute Gasteiger partial charge is 0.410 e. The number of anilines is 3. The van der Waals surface area contributed by atoms with Crippen molar-refractivity contribution in [3.63, 3.8) is 0 Å². The lowest BCUT2D eigenvalue weighted by molar-refractivity contribution is 0.0240. The Morgan fingerprint density at radius 3 is 2.52 bits per heavy atom. The number of hydrogen-bond donors (Lipinski definition) is 2. The molecule has 2 aromatic heterocycles. The molecule has 0 saturated carbocycles. The third kappa shape index (κ3) is 6.47. The fourth-order valence-electron chi connectivity index (χ4n) is 4.50. The Kier molecular flexibility index (Phi) is 8.33. The molecule has 3 heterocycles. The molecule has 5 rings (SSSR count). The summed E-state index contributed by atoms with van der Waals surface area (Å²) < 4.78 is 17.1. The zero-order valence-electron chi connectivity index (χ0n) is 23.5. The predicted molar refractivity (Wildman–Crippen MR) is 163 cm³/mol. The summed E-state index contributed by atoms with van der Waals surface area (Å²) in [5.41, 5.74) is 0.540. The van der Waals surface area contributed by atoms with Crippen LogP contribution in [-0.2, 0) is 4.74 Å². The van der Waals surface area contributed by atoms with Gasteiger partial charge in [-0.05, 0) is 45.0 Å². The number of H-pyrrole nitrogens is 1. The van der Waals surface area contributed by atoms with E-state index in [0.29, 0.717) is 59.2 Å².